The van der Waals surface area contributed by atoms with Crippen LogP contribution in [0.4, 0.5) is 4.39 Å². The van der Waals surface area contributed by atoms with E-state index < -0.39 is 0 Å². The van der Waals surface area contributed by atoms with Crippen LogP contribution in [0.5, 0.6) is 5.75 Å². The van der Waals surface area contributed by atoms with Gasteiger partial charge in [-0.05, 0) is 36.8 Å². The molecule has 0 bridgehead atoms. The zero-order valence-corrected chi connectivity index (χ0v) is 11.6. The molecular formula is C14H13BrFNO. The molecule has 0 aliphatic carbocycles. The Bertz CT molecular complexity index is 545. The van der Waals surface area contributed by atoms with Gasteiger partial charge in [0, 0.05) is 11.0 Å². The zero-order chi connectivity index (χ0) is 13.0. The van der Waals surface area contributed by atoms with Crippen molar-refractivity contribution in [3.63, 3.8) is 0 Å². The molecule has 0 amide bonds. The molecule has 2 nitrogen and oxygen atoms in total. The third-order valence-corrected chi connectivity index (χ3v) is 3.01. The standard InChI is InChI=1S/C14H13BrFNO/c1-10-5-6-14(13(8-15)17-10)18-9-11-3-2-4-12(16)7-11/h2-7H,8-9H2,1H3. The molecule has 18 heavy (non-hydrogen) atoms. The van der Waals surface area contributed by atoms with Crippen molar-refractivity contribution in [1.29, 1.82) is 0 Å². The number of alkyl halides is 1. The Morgan fingerprint density at radius 2 is 2.11 bits per heavy atom. The fraction of sp³-hybridized carbons (Fsp3) is 0.214. The normalized spacial score (nSPS) is 10.4. The van der Waals surface area contributed by atoms with E-state index in [0.717, 1.165) is 22.7 Å². The molecule has 0 spiro atoms. The summed E-state index contributed by atoms with van der Waals surface area (Å²) in [5, 5.41) is 0.632. The average molecular weight is 310 g/mol. The summed E-state index contributed by atoms with van der Waals surface area (Å²) in [7, 11) is 0. The van der Waals surface area contributed by atoms with E-state index in [0.29, 0.717) is 11.9 Å². The van der Waals surface area contributed by atoms with Crippen LogP contribution in [-0.4, -0.2) is 4.98 Å². The van der Waals surface area contributed by atoms with Gasteiger partial charge >= 0.3 is 0 Å². The van der Waals surface area contributed by atoms with E-state index in [-0.39, 0.29) is 5.82 Å². The summed E-state index contributed by atoms with van der Waals surface area (Å²) in [6, 6.07) is 10.2. The molecule has 94 valence electrons. The lowest BCUT2D eigenvalue weighted by molar-refractivity contribution is 0.301. The second-order valence-corrected chi connectivity index (χ2v) is 4.51. The lowest BCUT2D eigenvalue weighted by atomic mass is 10.2. The summed E-state index contributed by atoms with van der Waals surface area (Å²) in [4.78, 5) is 4.38. The van der Waals surface area contributed by atoms with Crippen molar-refractivity contribution in [3.05, 3.63) is 59.2 Å². The third kappa shape index (κ3) is 3.29. The second kappa shape index (κ2) is 5.96. The number of aryl methyl sites for hydroxylation is 1. The molecule has 2 rings (SSSR count). The summed E-state index contributed by atoms with van der Waals surface area (Å²) in [6.45, 7) is 2.27. The van der Waals surface area contributed by atoms with Gasteiger partial charge in [0.25, 0.3) is 0 Å². The van der Waals surface area contributed by atoms with Crippen molar-refractivity contribution < 1.29 is 9.13 Å². The van der Waals surface area contributed by atoms with Crippen molar-refractivity contribution in [3.8, 4) is 5.75 Å². The van der Waals surface area contributed by atoms with E-state index in [2.05, 4.69) is 20.9 Å². The van der Waals surface area contributed by atoms with Gasteiger partial charge in [0.15, 0.2) is 0 Å². The molecule has 0 radical (unpaired) electrons. The van der Waals surface area contributed by atoms with Crippen molar-refractivity contribution in [2.24, 2.45) is 0 Å². The average Bonchev–Trinajstić information content (AvgIpc) is 2.37. The van der Waals surface area contributed by atoms with Crippen molar-refractivity contribution in [2.75, 3.05) is 0 Å². The first kappa shape index (κ1) is 13.0. The minimum atomic E-state index is -0.251. The van der Waals surface area contributed by atoms with Gasteiger partial charge < -0.3 is 4.74 Å². The Morgan fingerprint density at radius 3 is 2.83 bits per heavy atom. The summed E-state index contributed by atoms with van der Waals surface area (Å²) in [6.07, 6.45) is 0. The molecule has 0 fully saturated rings. The van der Waals surface area contributed by atoms with E-state index in [1.54, 1.807) is 6.07 Å². The van der Waals surface area contributed by atoms with Gasteiger partial charge in [-0.25, -0.2) is 4.39 Å². The van der Waals surface area contributed by atoms with Gasteiger partial charge in [-0.1, -0.05) is 28.1 Å². The molecule has 4 heteroatoms. The molecule has 0 aliphatic rings. The number of nitrogens with zero attached hydrogens (tertiary/aromatic N) is 1. The highest BCUT2D eigenvalue weighted by Crippen LogP contribution is 2.20. The smallest absolute Gasteiger partial charge is 0.142 e. The van der Waals surface area contributed by atoms with E-state index in [9.17, 15) is 4.39 Å². The summed E-state index contributed by atoms with van der Waals surface area (Å²) in [5.74, 6) is 0.473. The predicted octanol–water partition coefficient (Wildman–Crippen LogP) is 4.00. The van der Waals surface area contributed by atoms with Gasteiger partial charge in [-0.15, -0.1) is 0 Å². The molecule has 2 aromatic rings. The van der Waals surface area contributed by atoms with Gasteiger partial charge in [-0.2, -0.15) is 0 Å². The Kier molecular flexibility index (Phi) is 4.31. The molecular weight excluding hydrogens is 297 g/mol. The number of hydrogen-bond acceptors (Lipinski definition) is 2. The third-order valence-electron chi connectivity index (χ3n) is 2.48. The molecule has 1 heterocycles. The number of benzene rings is 1. The van der Waals surface area contributed by atoms with Crippen LogP contribution in [-0.2, 0) is 11.9 Å². The van der Waals surface area contributed by atoms with Crippen LogP contribution < -0.4 is 4.74 Å². The van der Waals surface area contributed by atoms with E-state index in [1.165, 1.54) is 12.1 Å². The van der Waals surface area contributed by atoms with Crippen molar-refractivity contribution in [2.45, 2.75) is 18.9 Å². The monoisotopic (exact) mass is 309 g/mol. The first-order valence-electron chi connectivity index (χ1n) is 5.59. The molecule has 1 aromatic carbocycles. The van der Waals surface area contributed by atoms with Crippen LogP contribution in [0.15, 0.2) is 36.4 Å². The van der Waals surface area contributed by atoms with E-state index in [1.807, 2.05) is 25.1 Å². The fourth-order valence-corrected chi connectivity index (χ4v) is 2.01. The number of ether oxygens (including phenoxy) is 1. The molecule has 0 aliphatic heterocycles. The van der Waals surface area contributed by atoms with E-state index in [4.69, 9.17) is 4.74 Å². The summed E-state index contributed by atoms with van der Waals surface area (Å²) in [5.41, 5.74) is 2.60. The Labute approximate surface area is 114 Å². The van der Waals surface area contributed by atoms with Crippen LogP contribution in [0.25, 0.3) is 0 Å². The van der Waals surface area contributed by atoms with Gasteiger partial charge in [0.2, 0.25) is 0 Å². The number of halogens is 2. The SMILES string of the molecule is Cc1ccc(OCc2cccc(F)c2)c(CBr)n1. The number of rotatable bonds is 4. The van der Waals surface area contributed by atoms with E-state index >= 15 is 0 Å². The molecule has 0 N–H and O–H groups in total. The highest BCUT2D eigenvalue weighted by molar-refractivity contribution is 9.08. The number of aromatic nitrogens is 1. The Hall–Kier alpha value is -1.42. The van der Waals surface area contributed by atoms with Crippen molar-refractivity contribution >= 4 is 15.9 Å². The quantitative estimate of drug-likeness (QED) is 0.796. The second-order valence-electron chi connectivity index (χ2n) is 3.95. The van der Waals surface area contributed by atoms with Crippen LogP contribution in [0.2, 0.25) is 0 Å². The molecule has 1 aromatic heterocycles. The van der Waals surface area contributed by atoms with Crippen molar-refractivity contribution in [1.82, 2.24) is 4.98 Å². The highest BCUT2D eigenvalue weighted by Gasteiger charge is 2.05. The van der Waals surface area contributed by atoms with Gasteiger partial charge in [-0.3, -0.25) is 4.98 Å². The molecule has 0 atom stereocenters. The Balaban J connectivity index is 2.10. The van der Waals surface area contributed by atoms with Crippen LogP contribution in [0.1, 0.15) is 17.0 Å². The first-order valence-corrected chi connectivity index (χ1v) is 6.71. The lowest BCUT2D eigenvalue weighted by Gasteiger charge is -2.10. The molecule has 0 saturated carbocycles. The number of pyridine rings is 1. The van der Waals surface area contributed by atoms with Gasteiger partial charge in [0.05, 0.1) is 5.69 Å². The highest BCUT2D eigenvalue weighted by atomic mass is 79.9. The molecule has 0 unspecified atom stereocenters. The minimum absolute atomic E-state index is 0.251. The Morgan fingerprint density at radius 1 is 1.28 bits per heavy atom. The number of hydrogen-bond donors (Lipinski definition) is 0. The fourth-order valence-electron chi connectivity index (χ4n) is 1.61. The lowest BCUT2D eigenvalue weighted by Crippen LogP contribution is -2.00. The maximum atomic E-state index is 13.0. The topological polar surface area (TPSA) is 22.1 Å². The summed E-state index contributed by atoms with van der Waals surface area (Å²) >= 11 is 3.38. The maximum absolute atomic E-state index is 13.0. The summed E-state index contributed by atoms with van der Waals surface area (Å²) < 4.78 is 18.7. The first-order chi connectivity index (χ1) is 8.69. The predicted molar refractivity (Wildman–Crippen MR) is 72.3 cm³/mol. The van der Waals surface area contributed by atoms with Crippen LogP contribution in [0, 0.1) is 12.7 Å². The van der Waals surface area contributed by atoms with Gasteiger partial charge in [0.1, 0.15) is 18.2 Å². The largest absolute Gasteiger partial charge is 0.487 e. The minimum Gasteiger partial charge on any atom is -0.487 e. The zero-order valence-electron chi connectivity index (χ0n) is 9.99. The van der Waals surface area contributed by atoms with Crippen LogP contribution >= 0.6 is 15.9 Å². The molecule has 0 saturated heterocycles. The maximum Gasteiger partial charge on any atom is 0.142 e. The van der Waals surface area contributed by atoms with Crippen LogP contribution in [0.3, 0.4) is 0 Å².